The summed E-state index contributed by atoms with van der Waals surface area (Å²) in [6, 6.07) is 0. The average molecular weight is 561 g/mol. The molecule has 39 heavy (non-hydrogen) atoms. The quantitative estimate of drug-likeness (QED) is 0.121. The van der Waals surface area contributed by atoms with Crippen LogP contribution in [-0.2, 0) is 57.0 Å². The van der Waals surface area contributed by atoms with Crippen molar-refractivity contribution in [3.63, 3.8) is 0 Å². The number of hydrogen-bond donors (Lipinski definition) is 0. The molecule has 3 aliphatic rings. The highest BCUT2D eigenvalue weighted by molar-refractivity contribution is 5.84. The largest absolute Gasteiger partial charge is 0.457 e. The summed E-state index contributed by atoms with van der Waals surface area (Å²) in [7, 11) is 0. The van der Waals surface area contributed by atoms with Crippen LogP contribution in [0.2, 0.25) is 0 Å². The average Bonchev–Trinajstić information content (AvgIpc) is 3.62. The van der Waals surface area contributed by atoms with E-state index in [-0.39, 0.29) is 51.0 Å². The predicted octanol–water partition coefficient (Wildman–Crippen LogP) is 1.59. The zero-order valence-electron chi connectivity index (χ0n) is 24.0. The molecular formula is C27H44O12. The molecule has 3 unspecified atom stereocenters. The van der Waals surface area contributed by atoms with E-state index in [9.17, 15) is 14.4 Å². The molecule has 3 atom stereocenters. The minimum atomic E-state index is -1.12. The summed E-state index contributed by atoms with van der Waals surface area (Å²) in [6.45, 7) is 13.9. The smallest absolute Gasteiger partial charge is 0.310 e. The van der Waals surface area contributed by atoms with Gasteiger partial charge in [-0.25, -0.2) is 0 Å². The van der Waals surface area contributed by atoms with E-state index < -0.39 is 40.6 Å². The van der Waals surface area contributed by atoms with E-state index in [1.807, 2.05) is 0 Å². The summed E-state index contributed by atoms with van der Waals surface area (Å²) < 4.78 is 48.9. The first-order valence-corrected chi connectivity index (χ1v) is 13.5. The van der Waals surface area contributed by atoms with Gasteiger partial charge in [0.25, 0.3) is 0 Å². The zero-order valence-corrected chi connectivity index (χ0v) is 24.0. The molecule has 0 N–H and O–H groups in total. The van der Waals surface area contributed by atoms with Crippen LogP contribution in [0.1, 0.15) is 54.4 Å². The van der Waals surface area contributed by atoms with Gasteiger partial charge in [0.1, 0.15) is 35.1 Å². The summed E-state index contributed by atoms with van der Waals surface area (Å²) in [5, 5.41) is 0. The molecule has 0 radical (unpaired) electrons. The SMILES string of the molecule is CC(C)(COCC1CO1)OC(=O)CC(CC(=O)OC(C)(C)COCC1CO1)C(=O)OC(C)(C)COCC1CO1. The molecule has 3 fully saturated rings. The van der Waals surface area contributed by atoms with Crippen molar-refractivity contribution in [1.82, 2.24) is 0 Å². The molecule has 0 aromatic carbocycles. The topological polar surface area (TPSA) is 144 Å². The highest BCUT2D eigenvalue weighted by Gasteiger charge is 2.36. The number of rotatable bonds is 20. The Morgan fingerprint density at radius 1 is 0.615 bits per heavy atom. The molecule has 0 aromatic rings. The van der Waals surface area contributed by atoms with E-state index in [0.29, 0.717) is 39.6 Å². The highest BCUT2D eigenvalue weighted by Crippen LogP contribution is 2.23. The van der Waals surface area contributed by atoms with Gasteiger partial charge in [0.15, 0.2) is 0 Å². The Kier molecular flexibility index (Phi) is 11.1. The Bertz CT molecular complexity index is 781. The minimum Gasteiger partial charge on any atom is -0.457 e. The Morgan fingerprint density at radius 2 is 0.923 bits per heavy atom. The van der Waals surface area contributed by atoms with Crippen LogP contribution in [0.25, 0.3) is 0 Å². The van der Waals surface area contributed by atoms with Gasteiger partial charge < -0.3 is 42.6 Å². The van der Waals surface area contributed by atoms with Crippen LogP contribution in [0.15, 0.2) is 0 Å². The van der Waals surface area contributed by atoms with Crippen molar-refractivity contribution in [3.8, 4) is 0 Å². The number of epoxide rings is 3. The molecule has 0 aromatic heterocycles. The molecule has 12 heteroatoms. The summed E-state index contributed by atoms with van der Waals surface area (Å²) in [6.07, 6.45) is -0.496. The van der Waals surface area contributed by atoms with Gasteiger partial charge in [-0.1, -0.05) is 0 Å². The van der Waals surface area contributed by atoms with E-state index in [1.165, 1.54) is 0 Å². The molecular weight excluding hydrogens is 516 g/mol. The van der Waals surface area contributed by atoms with Crippen molar-refractivity contribution < 1.29 is 57.0 Å². The third-order valence-corrected chi connectivity index (χ3v) is 5.78. The van der Waals surface area contributed by atoms with Crippen LogP contribution in [0.4, 0.5) is 0 Å². The fourth-order valence-corrected chi connectivity index (χ4v) is 3.59. The van der Waals surface area contributed by atoms with Crippen molar-refractivity contribution in [3.05, 3.63) is 0 Å². The number of esters is 3. The van der Waals surface area contributed by atoms with E-state index in [4.69, 9.17) is 42.6 Å². The monoisotopic (exact) mass is 560 g/mol. The van der Waals surface area contributed by atoms with Crippen LogP contribution in [-0.4, -0.2) is 112 Å². The van der Waals surface area contributed by atoms with Gasteiger partial charge in [-0.3, -0.25) is 14.4 Å². The number of ether oxygens (including phenoxy) is 9. The van der Waals surface area contributed by atoms with Crippen LogP contribution in [0.5, 0.6) is 0 Å². The lowest BCUT2D eigenvalue weighted by molar-refractivity contribution is -0.178. The van der Waals surface area contributed by atoms with Crippen molar-refractivity contribution in [2.24, 2.45) is 5.92 Å². The van der Waals surface area contributed by atoms with Gasteiger partial charge in [-0.15, -0.1) is 0 Å². The molecule has 3 aliphatic heterocycles. The minimum absolute atomic E-state index is 0.0714. The molecule has 0 aliphatic carbocycles. The zero-order chi connectivity index (χ0) is 28.7. The number of carbonyl (C=O) groups is 3. The first kappa shape index (κ1) is 31.7. The van der Waals surface area contributed by atoms with E-state index >= 15 is 0 Å². The molecule has 0 spiro atoms. The van der Waals surface area contributed by atoms with Gasteiger partial charge in [0.05, 0.1) is 78.2 Å². The van der Waals surface area contributed by atoms with Gasteiger partial charge >= 0.3 is 17.9 Å². The Morgan fingerprint density at radius 3 is 1.23 bits per heavy atom. The molecule has 0 bridgehead atoms. The third kappa shape index (κ3) is 13.9. The van der Waals surface area contributed by atoms with E-state index in [0.717, 1.165) is 0 Å². The fraction of sp³-hybridized carbons (Fsp3) is 0.889. The lowest BCUT2D eigenvalue weighted by atomic mass is 10.00. The molecule has 3 rings (SSSR count). The second-order valence-corrected chi connectivity index (χ2v) is 12.2. The summed E-state index contributed by atoms with van der Waals surface area (Å²) in [4.78, 5) is 38.9. The van der Waals surface area contributed by atoms with Crippen LogP contribution >= 0.6 is 0 Å². The van der Waals surface area contributed by atoms with Gasteiger partial charge in [0, 0.05) is 0 Å². The number of carbonyl (C=O) groups excluding carboxylic acids is 3. The van der Waals surface area contributed by atoms with Gasteiger partial charge in [-0.05, 0) is 41.5 Å². The highest BCUT2D eigenvalue weighted by atomic mass is 16.6. The Hall–Kier alpha value is -1.83. The normalized spacial score (nSPS) is 23.1. The van der Waals surface area contributed by atoms with Crippen molar-refractivity contribution in [1.29, 1.82) is 0 Å². The van der Waals surface area contributed by atoms with E-state index in [2.05, 4.69) is 0 Å². The molecule has 12 nitrogen and oxygen atoms in total. The first-order valence-electron chi connectivity index (χ1n) is 13.5. The molecule has 3 saturated heterocycles. The van der Waals surface area contributed by atoms with Crippen LogP contribution < -0.4 is 0 Å². The summed E-state index contributed by atoms with van der Waals surface area (Å²) >= 11 is 0. The molecule has 0 saturated carbocycles. The van der Waals surface area contributed by atoms with Crippen molar-refractivity contribution in [2.75, 3.05) is 59.5 Å². The number of hydrogen-bond acceptors (Lipinski definition) is 12. The predicted molar refractivity (Wildman–Crippen MR) is 135 cm³/mol. The van der Waals surface area contributed by atoms with Gasteiger partial charge in [-0.2, -0.15) is 0 Å². The Labute approximate surface area is 230 Å². The second kappa shape index (κ2) is 13.7. The van der Waals surface area contributed by atoms with Crippen LogP contribution in [0, 0.1) is 5.92 Å². The maximum atomic E-state index is 13.2. The molecule has 3 heterocycles. The van der Waals surface area contributed by atoms with Gasteiger partial charge in [0.2, 0.25) is 0 Å². The van der Waals surface area contributed by atoms with Crippen molar-refractivity contribution >= 4 is 17.9 Å². The lowest BCUT2D eigenvalue weighted by Gasteiger charge is -2.29. The van der Waals surface area contributed by atoms with E-state index in [1.54, 1.807) is 41.5 Å². The maximum absolute atomic E-state index is 13.2. The standard InChI is InChI=1S/C27H44O12/c1-25(2,15-31-9-19-12-34-19)37-22(28)7-18(24(30)39-27(5,6)17-33-11-21-14-36-21)8-23(29)38-26(3,4)16-32-10-20-13-35-20/h18-21H,7-17H2,1-6H3. The van der Waals surface area contributed by atoms with Crippen LogP contribution in [0.3, 0.4) is 0 Å². The second-order valence-electron chi connectivity index (χ2n) is 12.2. The third-order valence-electron chi connectivity index (χ3n) is 5.78. The lowest BCUT2D eigenvalue weighted by Crippen LogP contribution is -2.40. The molecule has 0 amide bonds. The first-order chi connectivity index (χ1) is 18.2. The Balaban J connectivity index is 1.54. The fourth-order valence-electron chi connectivity index (χ4n) is 3.59. The maximum Gasteiger partial charge on any atom is 0.310 e. The van der Waals surface area contributed by atoms with Crippen molar-refractivity contribution in [2.45, 2.75) is 89.5 Å². The summed E-state index contributed by atoms with van der Waals surface area (Å²) in [5.74, 6) is -3.16. The molecule has 224 valence electrons. The summed E-state index contributed by atoms with van der Waals surface area (Å²) in [5.41, 5.74) is -2.87.